The van der Waals surface area contributed by atoms with Gasteiger partial charge in [-0.25, -0.2) is 4.79 Å². The Bertz CT molecular complexity index is 183. The number of nitrogens with one attached hydrogen (secondary N) is 1. The van der Waals surface area contributed by atoms with Crippen LogP contribution >= 0.6 is 11.6 Å². The van der Waals surface area contributed by atoms with E-state index in [9.17, 15) is 4.79 Å². The molecule has 0 amide bonds. The average Bonchev–Trinajstić information content (AvgIpc) is 1.71. The van der Waals surface area contributed by atoms with E-state index in [-0.39, 0.29) is 6.10 Å². The van der Waals surface area contributed by atoms with Gasteiger partial charge in [0.15, 0.2) is 0 Å². The largest absolute Gasteiger partial charge is 0.450 e. The molecule has 0 aromatic heterocycles. The van der Waals surface area contributed by atoms with E-state index in [0.29, 0.717) is 5.54 Å². The Morgan fingerprint density at radius 3 is 2.64 bits per heavy atom. The van der Waals surface area contributed by atoms with Crippen molar-refractivity contribution < 1.29 is 9.53 Å². The molecule has 0 bridgehead atoms. The summed E-state index contributed by atoms with van der Waals surface area (Å²) in [5.74, 6) is 0. The van der Waals surface area contributed by atoms with Gasteiger partial charge >= 0.3 is 5.43 Å². The minimum absolute atomic E-state index is 0.0628. The van der Waals surface area contributed by atoms with E-state index in [2.05, 4.69) is 5.32 Å². The van der Waals surface area contributed by atoms with E-state index in [1.165, 1.54) is 6.42 Å². The first-order valence-corrected chi connectivity index (χ1v) is 4.19. The average molecular weight is 176 g/mol. The Morgan fingerprint density at radius 1 is 1.64 bits per heavy atom. The molecule has 1 saturated heterocycles. The molecule has 2 aliphatic rings. The summed E-state index contributed by atoms with van der Waals surface area (Å²) >= 11 is 5.06. The SMILES string of the molecule is O=C(Cl)OC1CC2(CCN2)C1. The number of carbonyl (C=O) groups excluding carboxylic acids is 1. The molecule has 1 spiro atoms. The van der Waals surface area contributed by atoms with Crippen molar-refractivity contribution in [3.05, 3.63) is 0 Å². The first-order valence-electron chi connectivity index (χ1n) is 3.81. The zero-order valence-corrected chi connectivity index (χ0v) is 6.86. The second-order valence-electron chi connectivity index (χ2n) is 3.34. The number of ether oxygens (including phenoxy) is 1. The molecule has 2 rings (SSSR count). The first kappa shape index (κ1) is 7.37. The summed E-state index contributed by atoms with van der Waals surface area (Å²) in [6, 6.07) is 0. The van der Waals surface area contributed by atoms with E-state index >= 15 is 0 Å². The minimum Gasteiger partial charge on any atom is -0.450 e. The topological polar surface area (TPSA) is 38.3 Å². The molecule has 3 nitrogen and oxygen atoms in total. The lowest BCUT2D eigenvalue weighted by Gasteiger charge is -2.53. The molecule has 1 aliphatic heterocycles. The maximum atomic E-state index is 10.3. The summed E-state index contributed by atoms with van der Waals surface area (Å²) in [6.45, 7) is 1.10. The molecule has 11 heavy (non-hydrogen) atoms. The van der Waals surface area contributed by atoms with Gasteiger partial charge in [-0.1, -0.05) is 0 Å². The van der Waals surface area contributed by atoms with Gasteiger partial charge in [-0.15, -0.1) is 0 Å². The molecule has 4 heteroatoms. The third kappa shape index (κ3) is 1.23. The van der Waals surface area contributed by atoms with Gasteiger partial charge in [-0.3, -0.25) is 0 Å². The van der Waals surface area contributed by atoms with Crippen molar-refractivity contribution in [2.45, 2.75) is 30.9 Å². The van der Waals surface area contributed by atoms with Gasteiger partial charge in [0, 0.05) is 30.0 Å². The van der Waals surface area contributed by atoms with Gasteiger partial charge < -0.3 is 10.1 Å². The van der Waals surface area contributed by atoms with Crippen LogP contribution in [0, 0.1) is 0 Å². The predicted octanol–water partition coefficient (Wildman–Crippen LogP) is 1.26. The molecule has 62 valence electrons. The fraction of sp³-hybridized carbons (Fsp3) is 0.857. The second kappa shape index (κ2) is 2.35. The smallest absolute Gasteiger partial charge is 0.404 e. The van der Waals surface area contributed by atoms with Gasteiger partial charge in [0.05, 0.1) is 0 Å². The van der Waals surface area contributed by atoms with Crippen LogP contribution in [0.4, 0.5) is 4.79 Å². The summed E-state index contributed by atoms with van der Waals surface area (Å²) in [6.07, 6.45) is 3.15. The molecule has 0 atom stereocenters. The fourth-order valence-electron chi connectivity index (χ4n) is 1.85. The van der Waals surface area contributed by atoms with E-state index in [1.807, 2.05) is 0 Å². The maximum Gasteiger partial charge on any atom is 0.404 e. The third-order valence-electron chi connectivity index (χ3n) is 2.60. The number of halogens is 1. The number of hydrogen-bond acceptors (Lipinski definition) is 3. The van der Waals surface area contributed by atoms with E-state index < -0.39 is 5.43 Å². The molecular formula is C7H10ClNO2. The first-order chi connectivity index (χ1) is 5.20. The number of rotatable bonds is 1. The Balaban J connectivity index is 1.75. The third-order valence-corrected chi connectivity index (χ3v) is 2.69. The molecule has 0 aromatic carbocycles. The Labute approximate surface area is 70.0 Å². The Kier molecular flexibility index (Phi) is 1.58. The van der Waals surface area contributed by atoms with Crippen LogP contribution in [-0.2, 0) is 4.74 Å². The summed E-state index contributed by atoms with van der Waals surface area (Å²) < 4.78 is 4.80. The van der Waals surface area contributed by atoms with Gasteiger partial charge in [-0.05, 0) is 13.0 Å². The van der Waals surface area contributed by atoms with Crippen molar-refractivity contribution in [1.29, 1.82) is 0 Å². The molecule has 0 unspecified atom stereocenters. The lowest BCUT2D eigenvalue weighted by atomic mass is 9.68. The Hall–Kier alpha value is -0.280. The summed E-state index contributed by atoms with van der Waals surface area (Å²) in [5.41, 5.74) is -0.360. The normalized spacial score (nSPS) is 41.0. The maximum absolute atomic E-state index is 10.3. The van der Waals surface area contributed by atoms with Crippen LogP contribution in [0.3, 0.4) is 0 Å². The highest BCUT2D eigenvalue weighted by Gasteiger charge is 2.49. The minimum atomic E-state index is -0.677. The van der Waals surface area contributed by atoms with Crippen LogP contribution in [0.1, 0.15) is 19.3 Å². The van der Waals surface area contributed by atoms with Gasteiger partial charge in [0.1, 0.15) is 6.10 Å². The molecular weight excluding hydrogens is 166 g/mol. The quantitative estimate of drug-likeness (QED) is 0.610. The summed E-state index contributed by atoms with van der Waals surface area (Å²) in [5, 5.41) is 3.33. The summed E-state index contributed by atoms with van der Waals surface area (Å²) in [7, 11) is 0. The molecule has 0 radical (unpaired) electrons. The fourth-order valence-corrected chi connectivity index (χ4v) is 1.98. The van der Waals surface area contributed by atoms with E-state index in [4.69, 9.17) is 16.3 Å². The van der Waals surface area contributed by atoms with Crippen molar-refractivity contribution >= 4 is 17.0 Å². The van der Waals surface area contributed by atoms with Crippen molar-refractivity contribution in [2.75, 3.05) is 6.54 Å². The van der Waals surface area contributed by atoms with Gasteiger partial charge in [-0.2, -0.15) is 0 Å². The second-order valence-corrected chi connectivity index (χ2v) is 3.65. The molecule has 1 saturated carbocycles. The lowest BCUT2D eigenvalue weighted by Crippen LogP contribution is -2.66. The van der Waals surface area contributed by atoms with Crippen LogP contribution < -0.4 is 5.32 Å². The highest BCUT2D eigenvalue weighted by molar-refractivity contribution is 6.61. The molecule has 0 aromatic rings. The van der Waals surface area contributed by atoms with Crippen LogP contribution in [0.5, 0.6) is 0 Å². The summed E-state index contributed by atoms with van der Waals surface area (Å²) in [4.78, 5) is 10.3. The van der Waals surface area contributed by atoms with Crippen molar-refractivity contribution in [2.24, 2.45) is 0 Å². The molecule has 2 fully saturated rings. The van der Waals surface area contributed by atoms with E-state index in [1.54, 1.807) is 0 Å². The van der Waals surface area contributed by atoms with Crippen LogP contribution in [0.15, 0.2) is 0 Å². The highest BCUT2D eigenvalue weighted by atomic mass is 35.5. The lowest BCUT2D eigenvalue weighted by molar-refractivity contribution is -0.0357. The zero-order chi connectivity index (χ0) is 7.90. The Morgan fingerprint density at radius 2 is 2.27 bits per heavy atom. The van der Waals surface area contributed by atoms with Crippen LogP contribution in [0.2, 0.25) is 0 Å². The molecule has 1 aliphatic carbocycles. The number of carbonyl (C=O) groups is 1. The molecule has 1 heterocycles. The van der Waals surface area contributed by atoms with Crippen LogP contribution in [-0.4, -0.2) is 23.6 Å². The van der Waals surface area contributed by atoms with Crippen molar-refractivity contribution in [3.63, 3.8) is 0 Å². The standard InChI is InChI=1S/C7H10ClNO2/c8-6(10)11-5-3-7(4-5)1-2-9-7/h5,9H,1-4H2. The number of hydrogen-bond donors (Lipinski definition) is 1. The van der Waals surface area contributed by atoms with Crippen molar-refractivity contribution in [1.82, 2.24) is 5.32 Å². The van der Waals surface area contributed by atoms with Gasteiger partial charge in [0.2, 0.25) is 0 Å². The van der Waals surface area contributed by atoms with E-state index in [0.717, 1.165) is 19.4 Å². The monoisotopic (exact) mass is 175 g/mol. The van der Waals surface area contributed by atoms with Crippen molar-refractivity contribution in [3.8, 4) is 0 Å². The predicted molar refractivity (Wildman–Crippen MR) is 40.7 cm³/mol. The van der Waals surface area contributed by atoms with Gasteiger partial charge in [0.25, 0.3) is 0 Å². The zero-order valence-electron chi connectivity index (χ0n) is 6.10. The van der Waals surface area contributed by atoms with Crippen LogP contribution in [0.25, 0.3) is 0 Å². The highest BCUT2D eigenvalue weighted by Crippen LogP contribution is 2.41. The molecule has 1 N–H and O–H groups in total.